The van der Waals surface area contributed by atoms with E-state index in [9.17, 15) is 0 Å². The van der Waals surface area contributed by atoms with E-state index in [1.54, 1.807) is 0 Å². The van der Waals surface area contributed by atoms with Crippen molar-refractivity contribution < 1.29 is 9.47 Å². The standard InChI is InChI=1S/C22H18N2O2/c1-15-18(16-5-6-20-21(13-16)26-12-11-25-20)3-2-4-19(15)17-7-9-24-10-8-23-22(24)14-17/h2-10,13-14H,11-12H2,1H3. The van der Waals surface area contributed by atoms with Crippen LogP contribution in [-0.4, -0.2) is 22.6 Å². The van der Waals surface area contributed by atoms with Crippen LogP contribution in [0.25, 0.3) is 27.9 Å². The van der Waals surface area contributed by atoms with E-state index in [0.717, 1.165) is 22.7 Å². The SMILES string of the molecule is Cc1c(-c2ccc3c(c2)OCCO3)cccc1-c1ccn2ccnc2c1. The second kappa shape index (κ2) is 5.92. The first-order valence-corrected chi connectivity index (χ1v) is 8.72. The smallest absolute Gasteiger partial charge is 0.161 e. The molecule has 2 aromatic heterocycles. The van der Waals surface area contributed by atoms with E-state index < -0.39 is 0 Å². The lowest BCUT2D eigenvalue weighted by molar-refractivity contribution is 0.171. The molecule has 0 aliphatic carbocycles. The Morgan fingerprint density at radius 3 is 2.46 bits per heavy atom. The van der Waals surface area contributed by atoms with Gasteiger partial charge in [-0.1, -0.05) is 24.3 Å². The Balaban J connectivity index is 1.62. The van der Waals surface area contributed by atoms with Gasteiger partial charge in [-0.3, -0.25) is 0 Å². The van der Waals surface area contributed by atoms with Crippen LogP contribution < -0.4 is 9.47 Å². The zero-order valence-corrected chi connectivity index (χ0v) is 14.5. The van der Waals surface area contributed by atoms with Crippen molar-refractivity contribution in [3.63, 3.8) is 0 Å². The van der Waals surface area contributed by atoms with E-state index in [-0.39, 0.29) is 0 Å². The molecule has 0 bridgehead atoms. The van der Waals surface area contributed by atoms with Crippen LogP contribution in [0.3, 0.4) is 0 Å². The first-order chi connectivity index (χ1) is 12.8. The van der Waals surface area contributed by atoms with Gasteiger partial charge in [0.25, 0.3) is 0 Å². The number of hydrogen-bond donors (Lipinski definition) is 0. The fraction of sp³-hybridized carbons (Fsp3) is 0.136. The molecular weight excluding hydrogens is 324 g/mol. The topological polar surface area (TPSA) is 35.8 Å². The maximum Gasteiger partial charge on any atom is 0.161 e. The van der Waals surface area contributed by atoms with Crippen LogP contribution in [-0.2, 0) is 0 Å². The Morgan fingerprint density at radius 2 is 1.62 bits per heavy atom. The number of benzene rings is 2. The first-order valence-electron chi connectivity index (χ1n) is 8.72. The van der Waals surface area contributed by atoms with Crippen molar-refractivity contribution in [1.29, 1.82) is 0 Å². The predicted octanol–water partition coefficient (Wildman–Crippen LogP) is 4.75. The molecule has 2 aromatic carbocycles. The van der Waals surface area contributed by atoms with Crippen LogP contribution >= 0.6 is 0 Å². The Morgan fingerprint density at radius 1 is 0.846 bits per heavy atom. The zero-order chi connectivity index (χ0) is 17.5. The predicted molar refractivity (Wildman–Crippen MR) is 102 cm³/mol. The largest absolute Gasteiger partial charge is 0.486 e. The molecule has 3 heterocycles. The van der Waals surface area contributed by atoms with Crippen LogP contribution in [0, 0.1) is 6.92 Å². The number of rotatable bonds is 2. The van der Waals surface area contributed by atoms with Crippen molar-refractivity contribution in [3.05, 3.63) is 72.7 Å². The van der Waals surface area contributed by atoms with Crippen LogP contribution in [0.5, 0.6) is 11.5 Å². The number of imidazole rings is 1. The molecule has 1 aliphatic rings. The van der Waals surface area contributed by atoms with Crippen molar-refractivity contribution in [3.8, 4) is 33.8 Å². The van der Waals surface area contributed by atoms with Gasteiger partial charge in [0.1, 0.15) is 18.9 Å². The molecule has 4 nitrogen and oxygen atoms in total. The summed E-state index contributed by atoms with van der Waals surface area (Å²) in [4.78, 5) is 4.40. The highest BCUT2D eigenvalue weighted by Gasteiger charge is 2.14. The zero-order valence-electron chi connectivity index (χ0n) is 14.5. The minimum atomic E-state index is 0.597. The molecule has 128 valence electrons. The lowest BCUT2D eigenvalue weighted by Crippen LogP contribution is -2.15. The van der Waals surface area contributed by atoms with E-state index in [1.807, 2.05) is 29.1 Å². The number of hydrogen-bond acceptors (Lipinski definition) is 3. The van der Waals surface area contributed by atoms with Gasteiger partial charge >= 0.3 is 0 Å². The molecule has 0 saturated heterocycles. The molecule has 26 heavy (non-hydrogen) atoms. The Hall–Kier alpha value is -3.27. The normalized spacial score (nSPS) is 13.1. The summed E-state index contributed by atoms with van der Waals surface area (Å²) < 4.78 is 13.4. The number of pyridine rings is 1. The minimum Gasteiger partial charge on any atom is -0.486 e. The highest BCUT2D eigenvalue weighted by molar-refractivity contribution is 5.80. The van der Waals surface area contributed by atoms with Gasteiger partial charge in [-0.15, -0.1) is 0 Å². The quantitative estimate of drug-likeness (QED) is 0.527. The third-order valence-electron chi connectivity index (χ3n) is 4.90. The summed E-state index contributed by atoms with van der Waals surface area (Å²) in [5, 5.41) is 0. The number of aromatic nitrogens is 2. The molecule has 0 unspecified atom stereocenters. The second-order valence-electron chi connectivity index (χ2n) is 6.44. The Labute approximate surface area is 151 Å². The fourth-order valence-electron chi connectivity index (χ4n) is 3.55. The lowest BCUT2D eigenvalue weighted by Gasteiger charge is -2.19. The van der Waals surface area contributed by atoms with Crippen LogP contribution in [0.15, 0.2) is 67.1 Å². The van der Waals surface area contributed by atoms with Crippen LogP contribution in [0.1, 0.15) is 5.56 Å². The van der Waals surface area contributed by atoms with Gasteiger partial charge < -0.3 is 13.9 Å². The Bertz CT molecular complexity index is 1110. The minimum absolute atomic E-state index is 0.597. The van der Waals surface area contributed by atoms with Gasteiger partial charge in [-0.2, -0.15) is 0 Å². The fourth-order valence-corrected chi connectivity index (χ4v) is 3.55. The summed E-state index contributed by atoms with van der Waals surface area (Å²) >= 11 is 0. The lowest BCUT2D eigenvalue weighted by atomic mass is 9.93. The van der Waals surface area contributed by atoms with Gasteiger partial charge in [0.2, 0.25) is 0 Å². The van der Waals surface area contributed by atoms with E-state index in [0.29, 0.717) is 13.2 Å². The van der Waals surface area contributed by atoms with E-state index in [1.165, 1.54) is 22.3 Å². The van der Waals surface area contributed by atoms with Crippen LogP contribution in [0.2, 0.25) is 0 Å². The Kier molecular flexibility index (Phi) is 3.42. The van der Waals surface area contributed by atoms with Crippen molar-refractivity contribution >= 4 is 5.65 Å². The molecular formula is C22H18N2O2. The van der Waals surface area contributed by atoms with E-state index >= 15 is 0 Å². The van der Waals surface area contributed by atoms with Gasteiger partial charge in [0.05, 0.1) is 0 Å². The number of fused-ring (bicyclic) bond motifs is 2. The van der Waals surface area contributed by atoms with E-state index in [2.05, 4.69) is 54.4 Å². The summed E-state index contributed by atoms with van der Waals surface area (Å²) in [5.41, 5.74) is 6.90. The average molecular weight is 342 g/mol. The third-order valence-corrected chi connectivity index (χ3v) is 4.90. The molecule has 4 heteroatoms. The van der Waals surface area contributed by atoms with Crippen molar-refractivity contribution in [2.24, 2.45) is 0 Å². The van der Waals surface area contributed by atoms with Crippen molar-refractivity contribution in [1.82, 2.24) is 9.38 Å². The average Bonchev–Trinajstić information content (AvgIpc) is 3.15. The molecule has 0 atom stereocenters. The van der Waals surface area contributed by atoms with Crippen molar-refractivity contribution in [2.75, 3.05) is 13.2 Å². The number of nitrogens with zero attached hydrogens (tertiary/aromatic N) is 2. The monoisotopic (exact) mass is 342 g/mol. The molecule has 0 spiro atoms. The highest BCUT2D eigenvalue weighted by Crippen LogP contribution is 2.37. The molecule has 0 radical (unpaired) electrons. The number of ether oxygens (including phenoxy) is 2. The highest BCUT2D eigenvalue weighted by atomic mass is 16.6. The first kappa shape index (κ1) is 15.0. The maximum atomic E-state index is 5.74. The maximum absolute atomic E-state index is 5.74. The third kappa shape index (κ3) is 2.42. The van der Waals surface area contributed by atoms with Gasteiger partial charge in [0, 0.05) is 18.6 Å². The summed E-state index contributed by atoms with van der Waals surface area (Å²) in [6.45, 7) is 3.37. The van der Waals surface area contributed by atoms with E-state index in [4.69, 9.17) is 9.47 Å². The van der Waals surface area contributed by atoms with Crippen LogP contribution in [0.4, 0.5) is 0 Å². The summed E-state index contributed by atoms with van der Waals surface area (Å²) in [5.74, 6) is 1.64. The molecule has 0 N–H and O–H groups in total. The molecule has 5 rings (SSSR count). The van der Waals surface area contributed by atoms with Gasteiger partial charge in [0.15, 0.2) is 11.5 Å². The van der Waals surface area contributed by atoms with Gasteiger partial charge in [-0.05, 0) is 59.0 Å². The van der Waals surface area contributed by atoms with Gasteiger partial charge in [-0.25, -0.2) is 4.98 Å². The molecule has 0 amide bonds. The molecule has 0 fully saturated rings. The molecule has 1 aliphatic heterocycles. The summed E-state index contributed by atoms with van der Waals surface area (Å²) in [7, 11) is 0. The molecule has 4 aromatic rings. The van der Waals surface area contributed by atoms with Crippen molar-refractivity contribution in [2.45, 2.75) is 6.92 Å². The second-order valence-corrected chi connectivity index (χ2v) is 6.44. The summed E-state index contributed by atoms with van der Waals surface area (Å²) in [6.07, 6.45) is 5.82. The molecule has 0 saturated carbocycles. The summed E-state index contributed by atoms with van der Waals surface area (Å²) in [6, 6.07) is 16.8.